The predicted octanol–water partition coefficient (Wildman–Crippen LogP) is 2.93. The average molecular weight is 342 g/mol. The summed E-state index contributed by atoms with van der Waals surface area (Å²) in [7, 11) is -1.07. The number of hydrogen-bond donors (Lipinski definition) is 2. The van der Waals surface area contributed by atoms with E-state index in [0.29, 0.717) is 12.8 Å². The summed E-state index contributed by atoms with van der Waals surface area (Å²) in [5.74, 6) is -0.271. The quantitative estimate of drug-likeness (QED) is 0.897. The number of anilines is 1. The lowest BCUT2D eigenvalue weighted by Gasteiger charge is -2.32. The monoisotopic (exact) mass is 342 g/mol. The van der Waals surface area contributed by atoms with Crippen LogP contribution in [0.4, 0.5) is 5.69 Å². The summed E-state index contributed by atoms with van der Waals surface area (Å²) in [6.07, 6.45) is 2.03. The van der Waals surface area contributed by atoms with Gasteiger partial charge >= 0.3 is 0 Å². The smallest absolute Gasteiger partial charge is 0.229 e. The summed E-state index contributed by atoms with van der Waals surface area (Å²) >= 11 is 0. The molecule has 4 unspecified atom stereocenters. The lowest BCUT2D eigenvalue weighted by atomic mass is 9.84. The second-order valence-electron chi connectivity index (χ2n) is 6.17. The first-order valence-corrected chi connectivity index (χ1v) is 9.43. The van der Waals surface area contributed by atoms with E-state index in [4.69, 9.17) is 5.73 Å². The van der Waals surface area contributed by atoms with Crippen molar-refractivity contribution in [1.82, 2.24) is 0 Å². The van der Waals surface area contributed by atoms with Crippen LogP contribution in [0.5, 0.6) is 0 Å². The fraction of sp³-hybridized carbons (Fsp3) is 0.316. The van der Waals surface area contributed by atoms with Gasteiger partial charge in [0, 0.05) is 21.9 Å². The van der Waals surface area contributed by atoms with E-state index in [9.17, 15) is 9.00 Å². The van der Waals surface area contributed by atoms with Crippen LogP contribution < -0.4 is 11.1 Å². The van der Waals surface area contributed by atoms with Crippen LogP contribution in [-0.2, 0) is 15.6 Å². The van der Waals surface area contributed by atoms with Gasteiger partial charge in [0.1, 0.15) is 0 Å². The van der Waals surface area contributed by atoms with Crippen molar-refractivity contribution in [1.29, 1.82) is 0 Å². The molecule has 0 saturated heterocycles. The third-order valence-corrected chi connectivity index (χ3v) is 6.28. The first kappa shape index (κ1) is 16.9. The van der Waals surface area contributed by atoms with Gasteiger partial charge in [0.25, 0.3) is 0 Å². The number of nitrogens with one attached hydrogen (secondary N) is 1. The van der Waals surface area contributed by atoms with Gasteiger partial charge < -0.3 is 11.1 Å². The van der Waals surface area contributed by atoms with E-state index >= 15 is 0 Å². The molecule has 4 nitrogen and oxygen atoms in total. The van der Waals surface area contributed by atoms with Gasteiger partial charge in [-0.25, -0.2) is 0 Å². The van der Waals surface area contributed by atoms with E-state index in [1.54, 1.807) is 0 Å². The van der Waals surface area contributed by atoms with E-state index < -0.39 is 10.8 Å². The Balaban J connectivity index is 1.61. The fourth-order valence-electron chi connectivity index (χ4n) is 3.19. The van der Waals surface area contributed by atoms with Gasteiger partial charge in [-0.3, -0.25) is 9.00 Å². The third-order valence-electron chi connectivity index (χ3n) is 4.51. The minimum Gasteiger partial charge on any atom is -0.327 e. The van der Waals surface area contributed by atoms with Gasteiger partial charge in [-0.2, -0.15) is 0 Å². The molecule has 1 aliphatic rings. The first-order valence-electron chi connectivity index (χ1n) is 8.22. The van der Waals surface area contributed by atoms with Crippen molar-refractivity contribution >= 4 is 22.4 Å². The van der Waals surface area contributed by atoms with Crippen molar-refractivity contribution < 1.29 is 9.00 Å². The van der Waals surface area contributed by atoms with Crippen molar-refractivity contribution in [2.24, 2.45) is 11.7 Å². The second kappa shape index (κ2) is 7.73. The number of carbonyl (C=O) groups is 1. The molecule has 0 spiro atoms. The zero-order valence-electron chi connectivity index (χ0n) is 13.4. The maximum atomic E-state index is 12.7. The SMILES string of the molecule is NC1CC(S(=O)c2ccccc2)CCC1C(=O)Nc1ccccc1. The highest BCUT2D eigenvalue weighted by Gasteiger charge is 2.35. The van der Waals surface area contributed by atoms with E-state index in [1.807, 2.05) is 60.7 Å². The second-order valence-corrected chi connectivity index (χ2v) is 7.90. The molecule has 1 fully saturated rings. The van der Waals surface area contributed by atoms with Crippen LogP contribution in [0.2, 0.25) is 0 Å². The molecule has 0 aliphatic heterocycles. The van der Waals surface area contributed by atoms with Crippen LogP contribution in [0.15, 0.2) is 65.6 Å². The zero-order chi connectivity index (χ0) is 16.9. The number of nitrogens with two attached hydrogens (primary N) is 1. The van der Waals surface area contributed by atoms with Gasteiger partial charge in [-0.15, -0.1) is 0 Å². The Bertz CT molecular complexity index is 706. The molecule has 0 bridgehead atoms. The van der Waals surface area contributed by atoms with Crippen LogP contribution in [0, 0.1) is 5.92 Å². The Morgan fingerprint density at radius 2 is 1.62 bits per heavy atom. The summed E-state index contributed by atoms with van der Waals surface area (Å²) < 4.78 is 12.7. The molecule has 3 N–H and O–H groups in total. The maximum absolute atomic E-state index is 12.7. The molecule has 1 amide bonds. The van der Waals surface area contributed by atoms with Gasteiger partial charge in [0.2, 0.25) is 5.91 Å². The summed E-state index contributed by atoms with van der Waals surface area (Å²) in [6, 6.07) is 18.6. The fourth-order valence-corrected chi connectivity index (χ4v) is 4.75. The van der Waals surface area contributed by atoms with E-state index in [0.717, 1.165) is 17.0 Å². The molecule has 126 valence electrons. The lowest BCUT2D eigenvalue weighted by Crippen LogP contribution is -2.45. The van der Waals surface area contributed by atoms with Crippen molar-refractivity contribution in [3.8, 4) is 0 Å². The summed E-state index contributed by atoms with van der Waals surface area (Å²) in [4.78, 5) is 13.3. The minimum absolute atomic E-state index is 0.0168. The van der Waals surface area contributed by atoms with Crippen molar-refractivity contribution in [3.63, 3.8) is 0 Å². The highest BCUT2D eigenvalue weighted by molar-refractivity contribution is 7.85. The number of benzene rings is 2. The number of rotatable bonds is 4. The first-order chi connectivity index (χ1) is 11.6. The Labute approximate surface area is 144 Å². The van der Waals surface area contributed by atoms with Crippen molar-refractivity contribution in [2.75, 3.05) is 5.32 Å². The number of amides is 1. The molecular formula is C19H22N2O2S. The van der Waals surface area contributed by atoms with Crippen molar-refractivity contribution in [2.45, 2.75) is 35.4 Å². The van der Waals surface area contributed by atoms with Crippen molar-refractivity contribution in [3.05, 3.63) is 60.7 Å². The van der Waals surface area contributed by atoms with Gasteiger partial charge in [0.15, 0.2) is 0 Å². The van der Waals surface area contributed by atoms with E-state index in [1.165, 1.54) is 0 Å². The normalized spacial score (nSPS) is 25.0. The van der Waals surface area contributed by atoms with E-state index in [-0.39, 0.29) is 23.1 Å². The molecule has 1 saturated carbocycles. The van der Waals surface area contributed by atoms with Crippen LogP contribution in [0.1, 0.15) is 19.3 Å². The topological polar surface area (TPSA) is 72.2 Å². The Morgan fingerprint density at radius 3 is 2.25 bits per heavy atom. The molecule has 2 aromatic rings. The summed E-state index contributed by atoms with van der Waals surface area (Å²) in [6.45, 7) is 0. The molecule has 0 heterocycles. The number of hydrogen-bond acceptors (Lipinski definition) is 3. The molecule has 4 atom stereocenters. The average Bonchev–Trinajstić information content (AvgIpc) is 2.62. The predicted molar refractivity (Wildman–Crippen MR) is 97.0 cm³/mol. The minimum atomic E-state index is -1.07. The van der Waals surface area contributed by atoms with Crippen LogP contribution in [-0.4, -0.2) is 21.4 Å². The number of carbonyl (C=O) groups excluding carboxylic acids is 1. The van der Waals surface area contributed by atoms with Gasteiger partial charge in [0.05, 0.1) is 16.7 Å². The lowest BCUT2D eigenvalue weighted by molar-refractivity contribution is -0.121. The Hall–Kier alpha value is -1.98. The summed E-state index contributed by atoms with van der Waals surface area (Å²) in [5.41, 5.74) is 7.03. The molecular weight excluding hydrogens is 320 g/mol. The zero-order valence-corrected chi connectivity index (χ0v) is 14.2. The highest BCUT2D eigenvalue weighted by Crippen LogP contribution is 2.30. The molecule has 5 heteroatoms. The van der Waals surface area contributed by atoms with Crippen LogP contribution in [0.3, 0.4) is 0 Å². The van der Waals surface area contributed by atoms with Gasteiger partial charge in [-0.05, 0) is 43.5 Å². The molecule has 2 aromatic carbocycles. The highest BCUT2D eigenvalue weighted by atomic mass is 32.2. The third kappa shape index (κ3) is 3.91. The molecule has 0 aromatic heterocycles. The Kier molecular flexibility index (Phi) is 5.43. The molecule has 3 rings (SSSR count). The van der Waals surface area contributed by atoms with Gasteiger partial charge in [-0.1, -0.05) is 36.4 Å². The summed E-state index contributed by atoms with van der Waals surface area (Å²) in [5, 5.41) is 2.94. The molecule has 0 radical (unpaired) electrons. The number of para-hydroxylation sites is 1. The largest absolute Gasteiger partial charge is 0.327 e. The van der Waals surface area contributed by atoms with E-state index in [2.05, 4.69) is 5.32 Å². The Morgan fingerprint density at radius 1 is 1.00 bits per heavy atom. The van der Waals surface area contributed by atoms with Crippen LogP contribution >= 0.6 is 0 Å². The standard InChI is InChI=1S/C19H22N2O2S/c20-18-13-16(24(23)15-9-5-2-6-10-15)11-12-17(18)19(22)21-14-7-3-1-4-8-14/h1-10,16-18H,11-13,20H2,(H,21,22). The molecule has 1 aliphatic carbocycles. The molecule has 24 heavy (non-hydrogen) atoms. The van der Waals surface area contributed by atoms with Crippen LogP contribution in [0.25, 0.3) is 0 Å². The maximum Gasteiger partial charge on any atom is 0.229 e.